The van der Waals surface area contributed by atoms with Gasteiger partial charge in [0.15, 0.2) is 0 Å². The number of rotatable bonds is 7. The number of hydrogen-bond acceptors (Lipinski definition) is 4. The number of anilines is 1. The summed E-state index contributed by atoms with van der Waals surface area (Å²) in [6, 6.07) is 0. The molecule has 1 aromatic heterocycles. The molecule has 0 amide bonds. The second-order valence-electron chi connectivity index (χ2n) is 5.99. The van der Waals surface area contributed by atoms with Gasteiger partial charge in [-0.15, -0.1) is 0 Å². The summed E-state index contributed by atoms with van der Waals surface area (Å²) in [6.07, 6.45) is 6.59. The Morgan fingerprint density at radius 2 is 2.00 bits per heavy atom. The average molecular weight is 372 g/mol. The van der Waals surface area contributed by atoms with Crippen LogP contribution in [0.15, 0.2) is 4.47 Å². The average Bonchev–Trinajstić information content (AvgIpc) is 2.97. The predicted molar refractivity (Wildman–Crippen MR) is 96.2 cm³/mol. The van der Waals surface area contributed by atoms with Crippen molar-refractivity contribution >= 4 is 33.5 Å². The first-order chi connectivity index (χ1) is 10.1. The van der Waals surface area contributed by atoms with Gasteiger partial charge in [-0.3, -0.25) is 0 Å². The van der Waals surface area contributed by atoms with Crippen LogP contribution in [0, 0.1) is 0 Å². The first-order valence-electron chi connectivity index (χ1n) is 8.03. The maximum atomic E-state index is 4.78. The molecule has 0 atom stereocenters. The van der Waals surface area contributed by atoms with Crippen LogP contribution in [-0.2, 0) is 5.75 Å². The Labute approximate surface area is 141 Å². The van der Waals surface area contributed by atoms with Crippen LogP contribution in [0.4, 0.5) is 5.82 Å². The number of nitrogens with one attached hydrogen (secondary N) is 1. The molecular weight excluding hydrogens is 346 g/mol. The molecule has 0 aromatic carbocycles. The molecule has 21 heavy (non-hydrogen) atoms. The minimum absolute atomic E-state index is 0.403. The minimum Gasteiger partial charge on any atom is -0.369 e. The lowest BCUT2D eigenvalue weighted by Gasteiger charge is -2.15. The third-order valence-corrected chi connectivity index (χ3v) is 5.91. The van der Waals surface area contributed by atoms with Gasteiger partial charge < -0.3 is 5.32 Å². The highest BCUT2D eigenvalue weighted by Crippen LogP contribution is 2.33. The summed E-state index contributed by atoms with van der Waals surface area (Å²) in [5.74, 6) is 3.26. The van der Waals surface area contributed by atoms with Crippen molar-refractivity contribution in [2.45, 2.75) is 69.8 Å². The van der Waals surface area contributed by atoms with Crippen molar-refractivity contribution in [3.63, 3.8) is 0 Å². The molecule has 0 unspecified atom stereocenters. The van der Waals surface area contributed by atoms with E-state index in [2.05, 4.69) is 42.0 Å². The van der Waals surface area contributed by atoms with E-state index in [1.54, 1.807) is 0 Å². The van der Waals surface area contributed by atoms with Gasteiger partial charge in [0, 0.05) is 11.8 Å². The lowest BCUT2D eigenvalue weighted by Crippen LogP contribution is -2.10. The smallest absolute Gasteiger partial charge is 0.144 e. The Morgan fingerprint density at radius 3 is 2.62 bits per heavy atom. The van der Waals surface area contributed by atoms with E-state index in [0.717, 1.165) is 45.8 Å². The summed E-state index contributed by atoms with van der Waals surface area (Å²) < 4.78 is 1.03. The van der Waals surface area contributed by atoms with E-state index in [4.69, 9.17) is 9.97 Å². The molecule has 1 N–H and O–H groups in total. The molecule has 118 valence electrons. The maximum absolute atomic E-state index is 4.78. The number of thioether (sulfide) groups is 1. The summed E-state index contributed by atoms with van der Waals surface area (Å²) in [4.78, 5) is 9.51. The second kappa shape index (κ2) is 8.37. The molecule has 3 nitrogen and oxygen atoms in total. The molecule has 5 heteroatoms. The summed E-state index contributed by atoms with van der Waals surface area (Å²) >= 11 is 5.70. The Hall–Kier alpha value is -0.290. The van der Waals surface area contributed by atoms with Crippen LogP contribution >= 0.6 is 27.7 Å². The molecule has 1 saturated carbocycles. The van der Waals surface area contributed by atoms with Crippen molar-refractivity contribution in [3.05, 3.63) is 16.0 Å². The second-order valence-corrected chi connectivity index (χ2v) is 8.07. The van der Waals surface area contributed by atoms with Crippen molar-refractivity contribution in [3.8, 4) is 0 Å². The Balaban J connectivity index is 2.12. The van der Waals surface area contributed by atoms with Gasteiger partial charge in [-0.1, -0.05) is 33.6 Å². The monoisotopic (exact) mass is 371 g/mol. The maximum Gasteiger partial charge on any atom is 0.144 e. The summed E-state index contributed by atoms with van der Waals surface area (Å²) in [5, 5.41) is 4.23. The number of aromatic nitrogens is 2. The van der Waals surface area contributed by atoms with Crippen LogP contribution in [0.25, 0.3) is 0 Å². The van der Waals surface area contributed by atoms with E-state index < -0.39 is 0 Å². The lowest BCUT2D eigenvalue weighted by atomic mass is 10.1. The van der Waals surface area contributed by atoms with Gasteiger partial charge in [-0.2, -0.15) is 11.8 Å². The molecule has 1 aromatic rings. The molecule has 0 bridgehead atoms. The fraction of sp³-hybridized carbons (Fsp3) is 0.750. The molecule has 0 aliphatic heterocycles. The normalized spacial score (nSPS) is 15.9. The molecule has 1 aliphatic carbocycles. The van der Waals surface area contributed by atoms with Gasteiger partial charge in [-0.05, 0) is 41.1 Å². The zero-order valence-corrected chi connectivity index (χ0v) is 15.7. The first-order valence-corrected chi connectivity index (χ1v) is 9.87. The number of nitrogens with zero attached hydrogens (tertiary/aromatic N) is 2. The van der Waals surface area contributed by atoms with E-state index >= 15 is 0 Å². The Kier molecular flexibility index (Phi) is 6.80. The largest absolute Gasteiger partial charge is 0.369 e. The van der Waals surface area contributed by atoms with E-state index in [-0.39, 0.29) is 0 Å². The highest BCUT2D eigenvalue weighted by atomic mass is 79.9. The van der Waals surface area contributed by atoms with Crippen LogP contribution in [0.5, 0.6) is 0 Å². The van der Waals surface area contributed by atoms with Crippen LogP contribution in [0.1, 0.15) is 70.3 Å². The van der Waals surface area contributed by atoms with Gasteiger partial charge in [0.1, 0.15) is 11.6 Å². The number of hydrogen-bond donors (Lipinski definition) is 1. The molecule has 0 spiro atoms. The topological polar surface area (TPSA) is 37.8 Å². The third kappa shape index (κ3) is 4.85. The zero-order chi connectivity index (χ0) is 15.2. The Morgan fingerprint density at radius 1 is 1.29 bits per heavy atom. The van der Waals surface area contributed by atoms with E-state index in [1.165, 1.54) is 25.7 Å². The molecule has 2 rings (SSSR count). The summed E-state index contributed by atoms with van der Waals surface area (Å²) in [7, 11) is 0. The molecule has 1 aliphatic rings. The standard InChI is InChI=1S/C16H26BrN3S/c1-4-9-18-16-14(17)15(11(2)3)19-13(20-16)10-21-12-7-5-6-8-12/h11-12H,4-10H2,1-3H3,(H,18,19,20). The Bertz CT molecular complexity index is 459. The van der Waals surface area contributed by atoms with Crippen LogP contribution < -0.4 is 5.32 Å². The van der Waals surface area contributed by atoms with Crippen molar-refractivity contribution in [2.75, 3.05) is 11.9 Å². The SMILES string of the molecule is CCCNc1nc(CSC2CCCC2)nc(C(C)C)c1Br. The van der Waals surface area contributed by atoms with Crippen LogP contribution in [-0.4, -0.2) is 21.8 Å². The van der Waals surface area contributed by atoms with E-state index in [0.29, 0.717) is 5.92 Å². The fourth-order valence-electron chi connectivity index (χ4n) is 2.57. The van der Waals surface area contributed by atoms with Crippen molar-refractivity contribution < 1.29 is 0 Å². The van der Waals surface area contributed by atoms with Crippen molar-refractivity contribution in [1.82, 2.24) is 9.97 Å². The predicted octanol–water partition coefficient (Wildman–Crippen LogP) is 5.36. The van der Waals surface area contributed by atoms with Crippen LogP contribution in [0.2, 0.25) is 0 Å². The lowest BCUT2D eigenvalue weighted by molar-refractivity contribution is 0.789. The molecule has 1 heterocycles. The summed E-state index contributed by atoms with van der Waals surface area (Å²) in [6.45, 7) is 7.49. The summed E-state index contributed by atoms with van der Waals surface area (Å²) in [5.41, 5.74) is 1.12. The molecule has 0 radical (unpaired) electrons. The van der Waals surface area contributed by atoms with Gasteiger partial charge in [0.2, 0.25) is 0 Å². The molecule has 0 saturated heterocycles. The van der Waals surface area contributed by atoms with Gasteiger partial charge >= 0.3 is 0 Å². The minimum atomic E-state index is 0.403. The van der Waals surface area contributed by atoms with E-state index in [1.807, 2.05) is 11.8 Å². The van der Waals surface area contributed by atoms with Gasteiger partial charge in [0.25, 0.3) is 0 Å². The van der Waals surface area contributed by atoms with Crippen LogP contribution in [0.3, 0.4) is 0 Å². The molecule has 1 fully saturated rings. The van der Waals surface area contributed by atoms with Crippen molar-refractivity contribution in [1.29, 1.82) is 0 Å². The zero-order valence-electron chi connectivity index (χ0n) is 13.3. The first kappa shape index (κ1) is 17.1. The third-order valence-electron chi connectivity index (χ3n) is 3.76. The highest BCUT2D eigenvalue weighted by molar-refractivity contribution is 9.10. The van der Waals surface area contributed by atoms with Crippen molar-refractivity contribution in [2.24, 2.45) is 0 Å². The van der Waals surface area contributed by atoms with Gasteiger partial charge in [0.05, 0.1) is 15.9 Å². The van der Waals surface area contributed by atoms with E-state index in [9.17, 15) is 0 Å². The fourth-order valence-corrected chi connectivity index (χ4v) is 4.52. The highest BCUT2D eigenvalue weighted by Gasteiger charge is 2.18. The number of halogens is 1. The quantitative estimate of drug-likeness (QED) is 0.699. The van der Waals surface area contributed by atoms with Gasteiger partial charge in [-0.25, -0.2) is 9.97 Å². The molecular formula is C16H26BrN3S.